The van der Waals surface area contributed by atoms with Gasteiger partial charge in [-0.05, 0) is 29.5 Å². The molecule has 2 N–H and O–H groups in total. The van der Waals surface area contributed by atoms with Gasteiger partial charge in [0.1, 0.15) is 0 Å². The molecule has 0 aliphatic rings. The molecule has 0 radical (unpaired) electrons. The van der Waals surface area contributed by atoms with Gasteiger partial charge in [-0.25, -0.2) is 0 Å². The number of hydrogen-bond donors (Lipinski definition) is 1. The Balaban J connectivity index is 2.94. The first-order chi connectivity index (χ1) is 6.47. The summed E-state index contributed by atoms with van der Waals surface area (Å²) in [5.74, 6) is 0. The van der Waals surface area contributed by atoms with Gasteiger partial charge in [0.15, 0.2) is 0 Å². The van der Waals surface area contributed by atoms with Crippen LogP contribution in [0.2, 0.25) is 5.02 Å². The number of benzene rings is 1. The molecule has 0 fully saturated rings. The van der Waals surface area contributed by atoms with Crippen molar-refractivity contribution in [2.24, 2.45) is 11.1 Å². The van der Waals surface area contributed by atoms with Crippen molar-refractivity contribution in [2.45, 2.75) is 33.2 Å². The first-order valence-electron chi connectivity index (χ1n) is 4.98. The average Bonchev–Trinajstić information content (AvgIpc) is 2.16. The van der Waals surface area contributed by atoms with Crippen molar-refractivity contribution in [1.82, 2.24) is 0 Å². The van der Waals surface area contributed by atoms with Gasteiger partial charge in [-0.2, -0.15) is 0 Å². The zero-order valence-corrected chi connectivity index (χ0v) is 9.81. The molecule has 0 amide bonds. The highest BCUT2D eigenvalue weighted by Gasteiger charge is 2.25. The molecule has 1 atom stereocenters. The van der Waals surface area contributed by atoms with E-state index in [9.17, 15) is 0 Å². The summed E-state index contributed by atoms with van der Waals surface area (Å²) in [6.45, 7) is 6.52. The smallest absolute Gasteiger partial charge is 0.0409 e. The van der Waals surface area contributed by atoms with Crippen molar-refractivity contribution < 1.29 is 0 Å². The fourth-order valence-corrected chi connectivity index (χ4v) is 1.57. The lowest BCUT2D eigenvalue weighted by molar-refractivity contribution is 0.278. The third-order valence-corrected chi connectivity index (χ3v) is 3.20. The second-order valence-corrected chi connectivity index (χ2v) is 4.81. The average molecular weight is 212 g/mol. The third kappa shape index (κ3) is 2.49. The quantitative estimate of drug-likeness (QED) is 0.809. The minimum atomic E-state index is 0.0474. The maximum atomic E-state index is 6.19. The fraction of sp³-hybridized carbons (Fsp3) is 0.500. The Labute approximate surface area is 91.3 Å². The summed E-state index contributed by atoms with van der Waals surface area (Å²) in [4.78, 5) is 0. The predicted octanol–water partition coefficient (Wildman–Crippen LogP) is 3.78. The Morgan fingerprint density at radius 3 is 2.57 bits per heavy atom. The van der Waals surface area contributed by atoms with Gasteiger partial charge >= 0.3 is 0 Å². The van der Waals surface area contributed by atoms with E-state index in [1.165, 1.54) is 0 Å². The second kappa shape index (κ2) is 4.33. The van der Waals surface area contributed by atoms with E-state index < -0.39 is 0 Å². The Hall–Kier alpha value is -0.530. The molecule has 78 valence electrons. The van der Waals surface area contributed by atoms with Crippen LogP contribution >= 0.6 is 11.6 Å². The van der Waals surface area contributed by atoms with Gasteiger partial charge in [-0.15, -0.1) is 0 Å². The van der Waals surface area contributed by atoms with E-state index in [4.69, 9.17) is 17.3 Å². The van der Waals surface area contributed by atoms with Gasteiger partial charge in [0.05, 0.1) is 0 Å². The van der Waals surface area contributed by atoms with E-state index in [0.29, 0.717) is 0 Å². The van der Waals surface area contributed by atoms with Crippen LogP contribution in [-0.4, -0.2) is 0 Å². The molecule has 0 saturated carbocycles. The SMILES string of the molecule is CCC(C)(C)C(N)c1cccc(Cl)c1. The molecule has 0 spiro atoms. The van der Waals surface area contributed by atoms with E-state index in [1.807, 2.05) is 24.3 Å². The van der Waals surface area contributed by atoms with Crippen LogP contribution in [-0.2, 0) is 0 Å². The normalized spacial score (nSPS) is 14.1. The minimum Gasteiger partial charge on any atom is -0.324 e. The Morgan fingerprint density at radius 1 is 1.43 bits per heavy atom. The van der Waals surface area contributed by atoms with E-state index in [0.717, 1.165) is 17.0 Å². The van der Waals surface area contributed by atoms with E-state index in [2.05, 4.69) is 20.8 Å². The highest BCUT2D eigenvalue weighted by atomic mass is 35.5. The number of halogens is 1. The Morgan fingerprint density at radius 2 is 2.07 bits per heavy atom. The maximum Gasteiger partial charge on any atom is 0.0409 e. The number of hydrogen-bond acceptors (Lipinski definition) is 1. The van der Waals surface area contributed by atoms with Crippen molar-refractivity contribution in [3.05, 3.63) is 34.9 Å². The summed E-state index contributed by atoms with van der Waals surface area (Å²) in [5, 5.41) is 0.754. The standard InChI is InChI=1S/C12H18ClN/c1-4-12(2,3)11(14)9-6-5-7-10(13)8-9/h5-8,11H,4,14H2,1-3H3. The van der Waals surface area contributed by atoms with Gasteiger partial charge in [0.25, 0.3) is 0 Å². The highest BCUT2D eigenvalue weighted by molar-refractivity contribution is 6.30. The van der Waals surface area contributed by atoms with Crippen LogP contribution in [0.25, 0.3) is 0 Å². The van der Waals surface area contributed by atoms with Gasteiger partial charge in [0.2, 0.25) is 0 Å². The molecule has 2 heteroatoms. The van der Waals surface area contributed by atoms with Gasteiger partial charge in [-0.3, -0.25) is 0 Å². The van der Waals surface area contributed by atoms with Crippen molar-refractivity contribution in [1.29, 1.82) is 0 Å². The van der Waals surface area contributed by atoms with E-state index in [1.54, 1.807) is 0 Å². The van der Waals surface area contributed by atoms with Crippen LogP contribution in [0.15, 0.2) is 24.3 Å². The first-order valence-corrected chi connectivity index (χ1v) is 5.36. The first kappa shape index (κ1) is 11.5. The summed E-state index contributed by atoms with van der Waals surface area (Å²) in [6.07, 6.45) is 1.06. The molecular formula is C12H18ClN. The number of rotatable bonds is 3. The van der Waals surface area contributed by atoms with E-state index in [-0.39, 0.29) is 11.5 Å². The molecule has 0 bridgehead atoms. The molecule has 1 nitrogen and oxygen atoms in total. The molecule has 1 rings (SSSR count). The molecule has 0 heterocycles. The zero-order valence-electron chi connectivity index (χ0n) is 9.05. The second-order valence-electron chi connectivity index (χ2n) is 4.37. The van der Waals surface area contributed by atoms with Crippen LogP contribution < -0.4 is 5.73 Å². The van der Waals surface area contributed by atoms with Crippen molar-refractivity contribution in [3.8, 4) is 0 Å². The maximum absolute atomic E-state index is 6.19. The number of nitrogens with two attached hydrogens (primary N) is 1. The summed E-state index contributed by atoms with van der Waals surface area (Å²) >= 11 is 5.93. The Bertz CT molecular complexity index is 307. The van der Waals surface area contributed by atoms with Crippen molar-refractivity contribution >= 4 is 11.6 Å². The Kier molecular flexibility index (Phi) is 3.57. The molecule has 1 aromatic rings. The molecular weight excluding hydrogens is 194 g/mol. The summed E-state index contributed by atoms with van der Waals surface area (Å²) in [6, 6.07) is 7.85. The molecule has 14 heavy (non-hydrogen) atoms. The van der Waals surface area contributed by atoms with Gasteiger partial charge < -0.3 is 5.73 Å². The molecule has 0 aliphatic heterocycles. The summed E-state index contributed by atoms with van der Waals surface area (Å²) < 4.78 is 0. The molecule has 0 aromatic heterocycles. The van der Waals surface area contributed by atoms with Crippen LogP contribution in [0.4, 0.5) is 0 Å². The van der Waals surface area contributed by atoms with E-state index >= 15 is 0 Å². The van der Waals surface area contributed by atoms with Crippen molar-refractivity contribution in [3.63, 3.8) is 0 Å². The van der Waals surface area contributed by atoms with Crippen LogP contribution in [0, 0.1) is 5.41 Å². The predicted molar refractivity (Wildman–Crippen MR) is 62.5 cm³/mol. The lowest BCUT2D eigenvalue weighted by atomic mass is 9.79. The third-order valence-electron chi connectivity index (χ3n) is 2.96. The highest BCUT2D eigenvalue weighted by Crippen LogP contribution is 2.34. The van der Waals surface area contributed by atoms with Crippen molar-refractivity contribution in [2.75, 3.05) is 0 Å². The van der Waals surface area contributed by atoms with Crippen LogP contribution in [0.5, 0.6) is 0 Å². The molecule has 1 aromatic carbocycles. The lowest BCUT2D eigenvalue weighted by Gasteiger charge is -2.30. The van der Waals surface area contributed by atoms with Gasteiger partial charge in [0, 0.05) is 11.1 Å². The van der Waals surface area contributed by atoms with Gasteiger partial charge in [-0.1, -0.05) is 44.5 Å². The fourth-order valence-electron chi connectivity index (χ4n) is 1.37. The molecule has 0 aliphatic carbocycles. The van der Waals surface area contributed by atoms with Crippen LogP contribution in [0.1, 0.15) is 38.8 Å². The molecule has 1 unspecified atom stereocenters. The lowest BCUT2D eigenvalue weighted by Crippen LogP contribution is -2.28. The largest absolute Gasteiger partial charge is 0.324 e. The molecule has 0 saturated heterocycles. The zero-order chi connectivity index (χ0) is 10.8. The summed E-state index contributed by atoms with van der Waals surface area (Å²) in [7, 11) is 0. The summed E-state index contributed by atoms with van der Waals surface area (Å²) in [5.41, 5.74) is 7.42. The monoisotopic (exact) mass is 211 g/mol. The topological polar surface area (TPSA) is 26.0 Å². The van der Waals surface area contributed by atoms with Crippen LogP contribution in [0.3, 0.4) is 0 Å². The minimum absolute atomic E-state index is 0.0474.